The lowest BCUT2D eigenvalue weighted by Crippen LogP contribution is -2.54. The van der Waals surface area contributed by atoms with E-state index < -0.39 is 38.4 Å². The lowest BCUT2D eigenvalue weighted by Gasteiger charge is -2.28. The molecule has 1 aliphatic rings. The van der Waals surface area contributed by atoms with Crippen molar-refractivity contribution in [1.29, 1.82) is 0 Å². The molecule has 7 nitrogen and oxygen atoms in total. The minimum absolute atomic E-state index is 0.0137. The second-order valence-electron chi connectivity index (χ2n) is 9.82. The number of hydrogen-bond donors (Lipinski definition) is 2. The minimum atomic E-state index is -4.82. The van der Waals surface area contributed by atoms with Crippen LogP contribution in [0.5, 0.6) is 0 Å². The van der Waals surface area contributed by atoms with E-state index in [-0.39, 0.29) is 17.3 Å². The molecule has 12 heteroatoms. The maximum Gasteiger partial charge on any atom is 0.407 e. The van der Waals surface area contributed by atoms with Gasteiger partial charge in [0.05, 0.1) is 22.5 Å². The average molecular weight is 541 g/mol. The van der Waals surface area contributed by atoms with Gasteiger partial charge in [0, 0.05) is 17.6 Å². The molecule has 1 saturated carbocycles. The lowest BCUT2D eigenvalue weighted by atomic mass is 10.0. The fraction of sp³-hybridized carbons (Fsp3) is 0.440. The molecule has 0 saturated heterocycles. The molecule has 0 unspecified atom stereocenters. The molecule has 1 fully saturated rings. The summed E-state index contributed by atoms with van der Waals surface area (Å²) >= 11 is 0. The van der Waals surface area contributed by atoms with Gasteiger partial charge < -0.3 is 10.3 Å². The third kappa shape index (κ3) is 4.84. The molecule has 4 rings (SSSR count). The van der Waals surface area contributed by atoms with Crippen molar-refractivity contribution < 1.29 is 30.8 Å². The number of aromatic nitrogens is 2. The number of nitrogens with two attached hydrogens (primary N) is 1. The van der Waals surface area contributed by atoms with Crippen LogP contribution in [0, 0.1) is 5.82 Å². The standard InChI is InChI=1S/C25H28F4N4O3S/c1-4-14-11-20-17(12-18(14)26)21(23(30)34)22(33(20)15-7-5-6-8-15)19-10-9-16(13-31-19)37(35,36)32-24(2,3)25(27,28)29/h9-13,15,32H,4-8H2,1-3H3,(H2,30,34). The number of carbonyl (C=O) groups excluding carboxylic acids is 1. The molecule has 0 aliphatic heterocycles. The molecule has 0 spiro atoms. The second-order valence-corrected chi connectivity index (χ2v) is 11.5. The number of sulfonamides is 1. The van der Waals surface area contributed by atoms with E-state index in [1.807, 2.05) is 11.5 Å². The van der Waals surface area contributed by atoms with Crippen LogP contribution in [0.25, 0.3) is 22.3 Å². The molecule has 3 N–H and O–H groups in total. The summed E-state index contributed by atoms with van der Waals surface area (Å²) in [6, 6.07) is 5.40. The Labute approximate surface area is 212 Å². The van der Waals surface area contributed by atoms with E-state index >= 15 is 0 Å². The summed E-state index contributed by atoms with van der Waals surface area (Å²) in [5.41, 5.74) is 4.72. The van der Waals surface area contributed by atoms with Gasteiger partial charge in [-0.1, -0.05) is 19.8 Å². The molecule has 0 atom stereocenters. The molecule has 3 aromatic rings. The topological polar surface area (TPSA) is 107 Å². The Kier molecular flexibility index (Phi) is 6.87. The predicted octanol–water partition coefficient (Wildman–Crippen LogP) is 5.24. The van der Waals surface area contributed by atoms with Crippen LogP contribution < -0.4 is 10.5 Å². The third-order valence-electron chi connectivity index (χ3n) is 6.88. The number of amides is 1. The molecule has 200 valence electrons. The first-order chi connectivity index (χ1) is 17.2. The van der Waals surface area contributed by atoms with Gasteiger partial charge in [-0.05, 0) is 62.9 Å². The van der Waals surface area contributed by atoms with Crippen LogP contribution >= 0.6 is 0 Å². The van der Waals surface area contributed by atoms with Gasteiger partial charge in [-0.3, -0.25) is 9.78 Å². The summed E-state index contributed by atoms with van der Waals surface area (Å²) < 4.78 is 83.4. The van der Waals surface area contributed by atoms with Crippen LogP contribution in [0.3, 0.4) is 0 Å². The van der Waals surface area contributed by atoms with Gasteiger partial charge in [-0.15, -0.1) is 0 Å². The van der Waals surface area contributed by atoms with E-state index in [0.29, 0.717) is 28.6 Å². The smallest absolute Gasteiger partial charge is 0.366 e. The Hall–Kier alpha value is -2.99. The fourth-order valence-corrected chi connectivity index (χ4v) is 6.16. The van der Waals surface area contributed by atoms with Gasteiger partial charge in [0.25, 0.3) is 5.91 Å². The molecule has 0 radical (unpaired) electrons. The Morgan fingerprint density at radius 2 is 1.84 bits per heavy atom. The SMILES string of the molecule is CCc1cc2c(cc1F)c(C(N)=O)c(-c1ccc(S(=O)(=O)NC(C)(C)C(F)(F)F)cn1)n2C1CCCC1. The summed E-state index contributed by atoms with van der Waals surface area (Å²) in [6.07, 6.45) is 0.103. The summed E-state index contributed by atoms with van der Waals surface area (Å²) in [5.74, 6) is -1.27. The largest absolute Gasteiger partial charge is 0.407 e. The van der Waals surface area contributed by atoms with Crippen molar-refractivity contribution in [3.63, 3.8) is 0 Å². The molecular weight excluding hydrogens is 512 g/mol. The fourth-order valence-electron chi connectivity index (χ4n) is 4.82. The summed E-state index contributed by atoms with van der Waals surface area (Å²) in [7, 11) is -4.57. The van der Waals surface area contributed by atoms with E-state index in [4.69, 9.17) is 5.73 Å². The maximum atomic E-state index is 14.8. The Bertz CT molecular complexity index is 1460. The van der Waals surface area contributed by atoms with Gasteiger partial charge >= 0.3 is 6.18 Å². The molecule has 1 aliphatic carbocycles. The number of benzene rings is 1. The first-order valence-electron chi connectivity index (χ1n) is 11.9. The number of aryl methyl sites for hydroxylation is 1. The number of primary amides is 1. The quantitative estimate of drug-likeness (QED) is 0.400. The molecule has 2 aromatic heterocycles. The number of carbonyl (C=O) groups is 1. The summed E-state index contributed by atoms with van der Waals surface area (Å²) in [6.45, 7) is 3.25. The highest BCUT2D eigenvalue weighted by atomic mass is 32.2. The predicted molar refractivity (Wildman–Crippen MR) is 131 cm³/mol. The lowest BCUT2D eigenvalue weighted by molar-refractivity contribution is -0.180. The average Bonchev–Trinajstić information content (AvgIpc) is 3.42. The molecular formula is C25H28F4N4O3S. The van der Waals surface area contributed by atoms with Crippen LogP contribution in [0.4, 0.5) is 17.6 Å². The summed E-state index contributed by atoms with van der Waals surface area (Å²) in [5, 5.41) is 0.330. The van der Waals surface area contributed by atoms with E-state index in [1.165, 1.54) is 12.1 Å². The normalized spacial score (nSPS) is 15.5. The van der Waals surface area contributed by atoms with Crippen molar-refractivity contribution in [3.8, 4) is 11.4 Å². The minimum Gasteiger partial charge on any atom is -0.366 e. The number of halogens is 4. The molecule has 1 amide bonds. The zero-order chi connectivity index (χ0) is 27.3. The van der Waals surface area contributed by atoms with Gasteiger partial charge in [-0.25, -0.2) is 12.8 Å². The second kappa shape index (κ2) is 9.39. The highest BCUT2D eigenvalue weighted by molar-refractivity contribution is 7.89. The van der Waals surface area contributed by atoms with E-state index in [9.17, 15) is 30.8 Å². The van der Waals surface area contributed by atoms with Crippen LogP contribution in [0.1, 0.15) is 68.4 Å². The van der Waals surface area contributed by atoms with Gasteiger partial charge in [0.15, 0.2) is 0 Å². The van der Waals surface area contributed by atoms with Crippen molar-refractivity contribution in [2.75, 3.05) is 0 Å². The zero-order valence-electron chi connectivity index (χ0n) is 20.6. The van der Waals surface area contributed by atoms with Crippen molar-refractivity contribution in [1.82, 2.24) is 14.3 Å². The number of pyridine rings is 1. The summed E-state index contributed by atoms with van der Waals surface area (Å²) in [4.78, 5) is 16.4. The zero-order valence-corrected chi connectivity index (χ0v) is 21.4. The van der Waals surface area contributed by atoms with E-state index in [1.54, 1.807) is 10.8 Å². The maximum absolute atomic E-state index is 14.8. The number of nitrogens with one attached hydrogen (secondary N) is 1. The van der Waals surface area contributed by atoms with Crippen LogP contribution in [0.15, 0.2) is 35.4 Å². The third-order valence-corrected chi connectivity index (χ3v) is 8.52. The van der Waals surface area contributed by atoms with Crippen molar-refractivity contribution in [3.05, 3.63) is 47.4 Å². The van der Waals surface area contributed by atoms with Crippen LogP contribution in [-0.2, 0) is 16.4 Å². The van der Waals surface area contributed by atoms with E-state index in [2.05, 4.69) is 4.98 Å². The first kappa shape index (κ1) is 27.1. The molecule has 2 heterocycles. The van der Waals surface area contributed by atoms with Gasteiger partial charge in [0.2, 0.25) is 10.0 Å². The van der Waals surface area contributed by atoms with Crippen molar-refractivity contribution in [2.24, 2.45) is 5.73 Å². The Morgan fingerprint density at radius 1 is 1.19 bits per heavy atom. The molecule has 37 heavy (non-hydrogen) atoms. The number of hydrogen-bond acceptors (Lipinski definition) is 4. The number of alkyl halides is 3. The first-order valence-corrected chi connectivity index (χ1v) is 13.4. The Balaban J connectivity index is 1.89. The number of rotatable bonds is 7. The van der Waals surface area contributed by atoms with Crippen LogP contribution in [0.2, 0.25) is 0 Å². The monoisotopic (exact) mass is 540 g/mol. The van der Waals surface area contributed by atoms with Gasteiger partial charge in [-0.2, -0.15) is 17.9 Å². The number of nitrogens with zero attached hydrogens (tertiary/aromatic N) is 2. The van der Waals surface area contributed by atoms with Gasteiger partial charge in [0.1, 0.15) is 16.3 Å². The molecule has 0 bridgehead atoms. The highest BCUT2D eigenvalue weighted by Crippen LogP contribution is 2.42. The Morgan fingerprint density at radius 3 is 2.35 bits per heavy atom. The van der Waals surface area contributed by atoms with Crippen molar-refractivity contribution >= 4 is 26.8 Å². The molecule has 1 aromatic carbocycles. The van der Waals surface area contributed by atoms with Crippen LogP contribution in [-0.4, -0.2) is 35.6 Å². The number of fused-ring (bicyclic) bond motifs is 1. The van der Waals surface area contributed by atoms with E-state index in [0.717, 1.165) is 51.8 Å². The van der Waals surface area contributed by atoms with Crippen molar-refractivity contribution in [2.45, 2.75) is 75.5 Å². The highest BCUT2D eigenvalue weighted by Gasteiger charge is 2.49.